The zero-order valence-electron chi connectivity index (χ0n) is 18.4. The molecule has 200 valence electrons. The summed E-state index contributed by atoms with van der Waals surface area (Å²) in [5.41, 5.74) is -2.40. The SMILES string of the molecule is O=C(Nc1ccc(F)cc1F)c1cc(NC(=O)[C@H]2[C@H](c3cc(C(F)(F)F)cc(Cl)c3F)C2(Cl)Cl)ccc1Cl. The van der Waals surface area contributed by atoms with Crippen LogP contribution in [0.4, 0.5) is 37.7 Å². The Hall–Kier alpha value is -2.66. The Morgan fingerprint density at radius 1 is 0.868 bits per heavy atom. The molecular weight excluding hydrogens is 604 g/mol. The highest BCUT2D eigenvalue weighted by molar-refractivity contribution is 6.53. The third kappa shape index (κ3) is 5.54. The zero-order chi connectivity index (χ0) is 28.2. The average Bonchev–Trinajstić information content (AvgIpc) is 3.39. The first-order valence-electron chi connectivity index (χ1n) is 10.4. The fourth-order valence-corrected chi connectivity index (χ4v) is 5.06. The van der Waals surface area contributed by atoms with Gasteiger partial charge in [-0.1, -0.05) is 23.2 Å². The van der Waals surface area contributed by atoms with Crippen molar-refractivity contribution in [3.63, 3.8) is 0 Å². The van der Waals surface area contributed by atoms with Crippen molar-refractivity contribution in [2.75, 3.05) is 10.6 Å². The molecule has 0 heterocycles. The second-order valence-electron chi connectivity index (χ2n) is 8.25. The molecule has 1 saturated carbocycles. The van der Waals surface area contributed by atoms with Gasteiger partial charge >= 0.3 is 6.18 Å². The van der Waals surface area contributed by atoms with Gasteiger partial charge in [0.2, 0.25) is 5.91 Å². The molecule has 0 spiro atoms. The fourth-order valence-electron chi connectivity index (χ4n) is 3.82. The van der Waals surface area contributed by atoms with Crippen LogP contribution in [0.1, 0.15) is 27.4 Å². The highest BCUT2D eigenvalue weighted by Crippen LogP contribution is 2.66. The summed E-state index contributed by atoms with van der Waals surface area (Å²) in [4.78, 5) is 25.5. The fraction of sp³-hybridized carbons (Fsp3) is 0.167. The lowest BCUT2D eigenvalue weighted by molar-refractivity contribution is -0.137. The molecule has 4 rings (SSSR count). The molecule has 2 atom stereocenters. The quantitative estimate of drug-likeness (QED) is 0.224. The largest absolute Gasteiger partial charge is 0.416 e. The van der Waals surface area contributed by atoms with Gasteiger partial charge in [-0.3, -0.25) is 9.59 Å². The summed E-state index contributed by atoms with van der Waals surface area (Å²) in [6, 6.07) is 7.02. The highest BCUT2D eigenvalue weighted by atomic mass is 35.5. The number of benzene rings is 3. The van der Waals surface area contributed by atoms with Crippen molar-refractivity contribution in [2.24, 2.45) is 5.92 Å². The van der Waals surface area contributed by atoms with Crippen molar-refractivity contribution in [1.29, 1.82) is 0 Å². The van der Waals surface area contributed by atoms with E-state index in [1.165, 1.54) is 12.1 Å². The van der Waals surface area contributed by atoms with Crippen molar-refractivity contribution >= 4 is 69.6 Å². The van der Waals surface area contributed by atoms with Crippen molar-refractivity contribution in [2.45, 2.75) is 16.4 Å². The van der Waals surface area contributed by atoms with Gasteiger partial charge in [0.25, 0.3) is 5.91 Å². The minimum absolute atomic E-state index is 0.0125. The molecule has 38 heavy (non-hydrogen) atoms. The molecule has 0 radical (unpaired) electrons. The Bertz CT molecular complexity index is 1460. The van der Waals surface area contributed by atoms with Crippen LogP contribution in [0.2, 0.25) is 10.0 Å². The average molecular weight is 616 g/mol. The molecule has 2 N–H and O–H groups in total. The predicted molar refractivity (Wildman–Crippen MR) is 131 cm³/mol. The molecule has 14 heteroatoms. The van der Waals surface area contributed by atoms with Gasteiger partial charge in [-0.15, -0.1) is 23.2 Å². The van der Waals surface area contributed by atoms with Gasteiger partial charge < -0.3 is 10.6 Å². The lowest BCUT2D eigenvalue weighted by Crippen LogP contribution is -2.18. The molecular formula is C24H12Cl4F6N2O2. The summed E-state index contributed by atoms with van der Waals surface area (Å²) in [5.74, 6) is -7.66. The summed E-state index contributed by atoms with van der Waals surface area (Å²) in [5, 5.41) is 3.70. The number of hydrogen-bond acceptors (Lipinski definition) is 2. The molecule has 0 aromatic heterocycles. The van der Waals surface area contributed by atoms with Crippen LogP contribution in [0.5, 0.6) is 0 Å². The normalized spacial score (nSPS) is 18.2. The Balaban J connectivity index is 1.56. The van der Waals surface area contributed by atoms with E-state index in [9.17, 15) is 35.9 Å². The second-order valence-corrected chi connectivity index (χ2v) is 10.5. The maximum absolute atomic E-state index is 14.6. The smallest absolute Gasteiger partial charge is 0.326 e. The van der Waals surface area contributed by atoms with Crippen molar-refractivity contribution in [3.05, 3.63) is 92.7 Å². The molecule has 3 aromatic carbocycles. The Morgan fingerprint density at radius 2 is 1.55 bits per heavy atom. The van der Waals surface area contributed by atoms with E-state index < -0.39 is 67.8 Å². The van der Waals surface area contributed by atoms with E-state index in [0.29, 0.717) is 18.2 Å². The second kappa shape index (κ2) is 10.1. The summed E-state index contributed by atoms with van der Waals surface area (Å²) >= 11 is 24.0. The topological polar surface area (TPSA) is 58.2 Å². The molecule has 4 nitrogen and oxygen atoms in total. The Morgan fingerprint density at radius 3 is 2.18 bits per heavy atom. The summed E-state index contributed by atoms with van der Waals surface area (Å²) < 4.78 is 79.3. The summed E-state index contributed by atoms with van der Waals surface area (Å²) in [6.07, 6.45) is -4.85. The Labute approximate surface area is 230 Å². The molecule has 1 fully saturated rings. The number of halogens is 10. The van der Waals surface area contributed by atoms with Gasteiger partial charge in [0.15, 0.2) is 0 Å². The minimum Gasteiger partial charge on any atom is -0.326 e. The third-order valence-electron chi connectivity index (χ3n) is 5.71. The van der Waals surface area contributed by atoms with E-state index in [1.807, 2.05) is 0 Å². The minimum atomic E-state index is -4.85. The molecule has 0 aliphatic heterocycles. The molecule has 2 amide bonds. The number of amides is 2. The van der Waals surface area contributed by atoms with Gasteiger partial charge in [-0.25, -0.2) is 13.2 Å². The lowest BCUT2D eigenvalue weighted by atomic mass is 10.0. The number of carbonyl (C=O) groups is 2. The van der Waals surface area contributed by atoms with Crippen LogP contribution in [0.3, 0.4) is 0 Å². The van der Waals surface area contributed by atoms with Gasteiger partial charge in [-0.2, -0.15) is 13.2 Å². The first kappa shape index (κ1) is 28.4. The third-order valence-corrected chi connectivity index (χ3v) is 7.26. The predicted octanol–water partition coefficient (Wildman–Crippen LogP) is 8.21. The number of anilines is 2. The highest BCUT2D eigenvalue weighted by Gasteiger charge is 2.68. The van der Waals surface area contributed by atoms with Crippen LogP contribution in [-0.2, 0) is 11.0 Å². The molecule has 0 unspecified atom stereocenters. The maximum Gasteiger partial charge on any atom is 0.416 e. The van der Waals surface area contributed by atoms with E-state index >= 15 is 0 Å². The van der Waals surface area contributed by atoms with E-state index in [4.69, 9.17) is 46.4 Å². The molecule has 1 aliphatic carbocycles. The molecule has 1 aliphatic rings. The van der Waals surface area contributed by atoms with Gasteiger partial charge in [-0.05, 0) is 48.0 Å². The van der Waals surface area contributed by atoms with Gasteiger partial charge in [0, 0.05) is 17.7 Å². The number of alkyl halides is 5. The van der Waals surface area contributed by atoms with Crippen LogP contribution in [0.15, 0.2) is 48.5 Å². The standard InChI is InChI=1S/C24H12Cl4F6N2O2/c25-14-3-2-11(8-12(14)21(37)36-17-4-1-10(29)7-16(17)30)35-22(38)19-18(23(19,27)28)13-5-9(24(32,33)34)6-15(26)20(13)31/h1-8,18-19H,(H,35,38)(H,36,37)/t18-,19+/m0/s1. The Kier molecular flexibility index (Phi) is 7.57. The van der Waals surface area contributed by atoms with Crippen LogP contribution < -0.4 is 10.6 Å². The number of nitrogens with one attached hydrogen (secondary N) is 2. The van der Waals surface area contributed by atoms with E-state index in [1.54, 1.807) is 0 Å². The van der Waals surface area contributed by atoms with Crippen molar-refractivity contribution < 1.29 is 35.9 Å². The van der Waals surface area contributed by atoms with Crippen LogP contribution in [0.25, 0.3) is 0 Å². The van der Waals surface area contributed by atoms with Gasteiger partial charge in [0.05, 0.1) is 32.8 Å². The number of hydrogen-bond donors (Lipinski definition) is 2. The van der Waals surface area contributed by atoms with Gasteiger partial charge in [0.1, 0.15) is 21.8 Å². The molecule has 3 aromatic rings. The van der Waals surface area contributed by atoms with Crippen LogP contribution in [-0.4, -0.2) is 16.1 Å². The molecule has 0 bridgehead atoms. The maximum atomic E-state index is 14.6. The summed E-state index contributed by atoms with van der Waals surface area (Å²) in [7, 11) is 0. The summed E-state index contributed by atoms with van der Waals surface area (Å²) in [6.45, 7) is 0. The van der Waals surface area contributed by atoms with Crippen molar-refractivity contribution in [1.82, 2.24) is 0 Å². The number of rotatable bonds is 5. The van der Waals surface area contributed by atoms with Crippen LogP contribution in [0, 0.1) is 23.4 Å². The zero-order valence-corrected chi connectivity index (χ0v) is 21.4. The lowest BCUT2D eigenvalue weighted by Gasteiger charge is -2.12. The van der Waals surface area contributed by atoms with E-state index in [0.717, 1.165) is 18.2 Å². The van der Waals surface area contributed by atoms with Crippen LogP contribution >= 0.6 is 46.4 Å². The van der Waals surface area contributed by atoms with E-state index in [2.05, 4.69) is 10.6 Å². The number of carbonyl (C=O) groups excluding carboxylic acids is 2. The first-order chi connectivity index (χ1) is 17.6. The molecule has 0 saturated heterocycles. The van der Waals surface area contributed by atoms with Crippen molar-refractivity contribution in [3.8, 4) is 0 Å². The monoisotopic (exact) mass is 614 g/mol. The van der Waals surface area contributed by atoms with E-state index in [-0.39, 0.29) is 22.0 Å². The first-order valence-corrected chi connectivity index (χ1v) is 11.9.